The lowest BCUT2D eigenvalue weighted by Gasteiger charge is -2.21. The van der Waals surface area contributed by atoms with Crippen molar-refractivity contribution in [2.24, 2.45) is 0 Å². The first kappa shape index (κ1) is 24.2. The molecule has 1 N–H and O–H groups in total. The number of anilines is 2. The molecule has 0 saturated heterocycles. The van der Waals surface area contributed by atoms with Crippen LogP contribution >= 0.6 is 0 Å². The Kier molecular flexibility index (Phi) is 5.86. The number of nitrogens with one attached hydrogen (secondary N) is 1. The van der Waals surface area contributed by atoms with Crippen molar-refractivity contribution in [1.82, 2.24) is 0 Å². The predicted molar refractivity (Wildman–Crippen MR) is 170 cm³/mol. The van der Waals surface area contributed by atoms with Gasteiger partial charge in [0.05, 0.1) is 0 Å². The van der Waals surface area contributed by atoms with E-state index in [0.717, 1.165) is 11.4 Å². The first-order valence-electron chi connectivity index (χ1n) is 13.9. The molecular formula is C39H31N. The molecule has 6 aromatic carbocycles. The van der Waals surface area contributed by atoms with Gasteiger partial charge in [0.25, 0.3) is 0 Å². The minimum Gasteiger partial charge on any atom is -0.356 e. The Morgan fingerprint density at radius 3 is 1.35 bits per heavy atom. The second-order valence-corrected chi connectivity index (χ2v) is 11.2. The second-order valence-electron chi connectivity index (χ2n) is 11.2. The van der Waals surface area contributed by atoms with Gasteiger partial charge in [-0.25, -0.2) is 0 Å². The maximum Gasteiger partial charge on any atom is 0.0390 e. The van der Waals surface area contributed by atoms with Crippen LogP contribution in [0.25, 0.3) is 44.5 Å². The van der Waals surface area contributed by atoms with Crippen LogP contribution in [0.15, 0.2) is 146 Å². The predicted octanol–water partition coefficient (Wildman–Crippen LogP) is 10.7. The lowest BCUT2D eigenvalue weighted by atomic mass is 9.82. The van der Waals surface area contributed by atoms with Crippen molar-refractivity contribution < 1.29 is 0 Å². The number of benzene rings is 6. The van der Waals surface area contributed by atoms with Crippen LogP contribution in [-0.4, -0.2) is 0 Å². The van der Waals surface area contributed by atoms with Crippen LogP contribution in [0.5, 0.6) is 0 Å². The molecule has 1 heteroatoms. The zero-order valence-corrected chi connectivity index (χ0v) is 22.9. The average Bonchev–Trinajstić information content (AvgIpc) is 3.24. The maximum atomic E-state index is 3.65. The molecule has 0 aromatic heterocycles. The molecule has 0 aliphatic heterocycles. The minimum atomic E-state index is -0.0177. The van der Waals surface area contributed by atoms with Crippen molar-refractivity contribution in [2.45, 2.75) is 19.3 Å². The molecular weight excluding hydrogens is 482 g/mol. The van der Waals surface area contributed by atoms with Gasteiger partial charge in [0.1, 0.15) is 0 Å². The van der Waals surface area contributed by atoms with Crippen LogP contribution in [0, 0.1) is 0 Å². The van der Waals surface area contributed by atoms with Crippen LogP contribution in [0.1, 0.15) is 25.0 Å². The van der Waals surface area contributed by atoms with Crippen molar-refractivity contribution in [3.63, 3.8) is 0 Å². The summed E-state index contributed by atoms with van der Waals surface area (Å²) in [4.78, 5) is 0. The van der Waals surface area contributed by atoms with E-state index in [1.807, 2.05) is 0 Å². The molecule has 0 spiro atoms. The van der Waals surface area contributed by atoms with Crippen LogP contribution in [0.4, 0.5) is 11.4 Å². The van der Waals surface area contributed by atoms with E-state index in [4.69, 9.17) is 0 Å². The summed E-state index contributed by atoms with van der Waals surface area (Å²) in [5.41, 5.74) is 15.0. The molecule has 0 atom stereocenters. The van der Waals surface area contributed by atoms with Gasteiger partial charge in [0.2, 0.25) is 0 Å². The summed E-state index contributed by atoms with van der Waals surface area (Å²) in [6, 6.07) is 52.4. The Balaban J connectivity index is 1.15. The molecule has 0 amide bonds. The lowest BCUT2D eigenvalue weighted by molar-refractivity contribution is 0.660. The fourth-order valence-corrected chi connectivity index (χ4v) is 6.06. The van der Waals surface area contributed by atoms with Gasteiger partial charge >= 0.3 is 0 Å². The fraction of sp³-hybridized carbons (Fsp3) is 0.0769. The molecule has 0 heterocycles. The van der Waals surface area contributed by atoms with Crippen molar-refractivity contribution in [1.29, 1.82) is 0 Å². The molecule has 0 fully saturated rings. The molecule has 40 heavy (non-hydrogen) atoms. The van der Waals surface area contributed by atoms with Crippen molar-refractivity contribution in [2.75, 3.05) is 5.32 Å². The number of fused-ring (bicyclic) bond motifs is 3. The fourth-order valence-electron chi connectivity index (χ4n) is 6.06. The smallest absolute Gasteiger partial charge is 0.0390 e. The summed E-state index contributed by atoms with van der Waals surface area (Å²) in [7, 11) is 0. The molecule has 1 nitrogen and oxygen atoms in total. The molecule has 1 aliphatic carbocycles. The van der Waals surface area contributed by atoms with Crippen LogP contribution < -0.4 is 5.32 Å². The van der Waals surface area contributed by atoms with Gasteiger partial charge in [-0.15, -0.1) is 0 Å². The van der Waals surface area contributed by atoms with E-state index >= 15 is 0 Å². The summed E-state index contributed by atoms with van der Waals surface area (Å²) in [5.74, 6) is 0. The Bertz CT molecular complexity index is 1800. The first-order valence-corrected chi connectivity index (χ1v) is 13.9. The molecule has 7 rings (SSSR count). The number of hydrogen-bond donors (Lipinski definition) is 1. The van der Waals surface area contributed by atoms with Gasteiger partial charge in [-0.2, -0.15) is 0 Å². The lowest BCUT2D eigenvalue weighted by Crippen LogP contribution is -2.14. The quantitative estimate of drug-likeness (QED) is 0.242. The SMILES string of the molecule is CC1(C)c2ccc(Nc3ccc(-c4ccc(-c5ccccc5)cc4)cc3)cc2-c2cc(-c3ccccc3)ccc21. The summed E-state index contributed by atoms with van der Waals surface area (Å²) in [5, 5.41) is 3.65. The molecule has 0 unspecified atom stereocenters. The monoisotopic (exact) mass is 513 g/mol. The third-order valence-corrected chi connectivity index (χ3v) is 8.28. The van der Waals surface area contributed by atoms with Crippen LogP contribution in [-0.2, 0) is 5.41 Å². The van der Waals surface area contributed by atoms with E-state index < -0.39 is 0 Å². The van der Waals surface area contributed by atoms with E-state index in [1.165, 1.54) is 55.6 Å². The molecule has 0 saturated carbocycles. The highest BCUT2D eigenvalue weighted by Gasteiger charge is 2.35. The Morgan fingerprint density at radius 1 is 0.375 bits per heavy atom. The van der Waals surface area contributed by atoms with E-state index in [1.54, 1.807) is 0 Å². The highest BCUT2D eigenvalue weighted by Crippen LogP contribution is 2.50. The Labute approximate surface area is 236 Å². The molecule has 0 bridgehead atoms. The highest BCUT2D eigenvalue weighted by atomic mass is 14.9. The molecule has 1 aliphatic rings. The molecule has 0 radical (unpaired) electrons. The zero-order chi connectivity index (χ0) is 27.1. The molecule has 192 valence electrons. The van der Waals surface area contributed by atoms with Gasteiger partial charge in [0.15, 0.2) is 0 Å². The third-order valence-electron chi connectivity index (χ3n) is 8.28. The topological polar surface area (TPSA) is 12.0 Å². The van der Waals surface area contributed by atoms with Gasteiger partial charge in [0, 0.05) is 16.8 Å². The van der Waals surface area contributed by atoms with Gasteiger partial charge in [-0.1, -0.05) is 129 Å². The third kappa shape index (κ3) is 4.30. The number of rotatable bonds is 5. The van der Waals surface area contributed by atoms with Crippen molar-refractivity contribution in [3.8, 4) is 44.5 Å². The van der Waals surface area contributed by atoms with Crippen LogP contribution in [0.2, 0.25) is 0 Å². The summed E-state index contributed by atoms with van der Waals surface area (Å²) >= 11 is 0. The van der Waals surface area contributed by atoms with Crippen LogP contribution in [0.3, 0.4) is 0 Å². The van der Waals surface area contributed by atoms with E-state index in [2.05, 4.69) is 165 Å². The Hall–Kier alpha value is -4.88. The largest absolute Gasteiger partial charge is 0.356 e. The first-order chi connectivity index (χ1) is 19.6. The van der Waals surface area contributed by atoms with E-state index in [0.29, 0.717) is 0 Å². The normalized spacial score (nSPS) is 12.9. The summed E-state index contributed by atoms with van der Waals surface area (Å²) in [6.45, 7) is 4.66. The number of hydrogen-bond acceptors (Lipinski definition) is 1. The zero-order valence-electron chi connectivity index (χ0n) is 22.9. The Morgan fingerprint density at radius 2 is 0.775 bits per heavy atom. The van der Waals surface area contributed by atoms with Gasteiger partial charge in [-0.05, 0) is 86.0 Å². The summed E-state index contributed by atoms with van der Waals surface area (Å²) in [6.07, 6.45) is 0. The standard InChI is InChI=1S/C39H31N/c1-39(2)37-23-19-32(28-11-7-4-8-12-28)25-35(37)36-26-34(22-24-38(36)39)40-33-20-17-31(18-21-33)30-15-13-29(14-16-30)27-9-5-3-6-10-27/h3-26,40H,1-2H3. The maximum absolute atomic E-state index is 3.65. The van der Waals surface area contributed by atoms with Crippen molar-refractivity contribution in [3.05, 3.63) is 157 Å². The highest BCUT2D eigenvalue weighted by molar-refractivity contribution is 5.86. The average molecular weight is 514 g/mol. The van der Waals surface area contributed by atoms with Crippen molar-refractivity contribution >= 4 is 11.4 Å². The van der Waals surface area contributed by atoms with Gasteiger partial charge < -0.3 is 5.32 Å². The van der Waals surface area contributed by atoms with Gasteiger partial charge in [-0.3, -0.25) is 0 Å². The summed E-state index contributed by atoms with van der Waals surface area (Å²) < 4.78 is 0. The molecule has 6 aromatic rings. The van der Waals surface area contributed by atoms with E-state index in [9.17, 15) is 0 Å². The second kappa shape index (κ2) is 9.70. The van der Waals surface area contributed by atoms with E-state index in [-0.39, 0.29) is 5.41 Å². The minimum absolute atomic E-state index is 0.0177.